The maximum atomic E-state index is 11.3. The third-order valence-corrected chi connectivity index (χ3v) is 6.21. The standard InChI is InChI=1S/C24H25N7O3S/c1-14(32)27-20-10-16(5-7-25-20)34-17-9-18-22(26-12-17)29-23(35-18)28-21-11-19(24(2,3)4)31(30-21)15-6-8-33-13-15/h5,7,9-12H,6,8,13H2,1-4H3,(H-,25,26,27,28,29,30,32)/p+1/b31-15+. The largest absolute Gasteiger partial charge is 0.455 e. The molecule has 2 N–H and O–H groups in total. The molecule has 3 aromatic heterocycles. The molecule has 1 saturated heterocycles. The van der Waals surface area contributed by atoms with Gasteiger partial charge in [-0.25, -0.2) is 9.97 Å². The first-order valence-corrected chi connectivity index (χ1v) is 12.0. The molecule has 10 nitrogen and oxygen atoms in total. The Hall–Kier alpha value is -3.70. The van der Waals surface area contributed by atoms with Crippen LogP contribution >= 0.6 is 11.3 Å². The zero-order chi connectivity index (χ0) is 24.6. The van der Waals surface area contributed by atoms with Gasteiger partial charge >= 0.3 is 0 Å². The summed E-state index contributed by atoms with van der Waals surface area (Å²) in [5, 5.41) is 3.24. The van der Waals surface area contributed by atoms with E-state index in [1.165, 1.54) is 24.0 Å². The minimum absolute atomic E-state index is 0.0615. The molecule has 2 aliphatic rings. The monoisotopic (exact) mass is 492 g/mol. The second-order valence-electron chi connectivity index (χ2n) is 9.24. The summed E-state index contributed by atoms with van der Waals surface area (Å²) < 4.78 is 14.4. The Bertz CT molecular complexity index is 1390. The third kappa shape index (κ3) is 5.20. The van der Waals surface area contributed by atoms with Crippen molar-refractivity contribution in [1.82, 2.24) is 20.4 Å². The third-order valence-electron chi connectivity index (χ3n) is 5.33. The van der Waals surface area contributed by atoms with Gasteiger partial charge in [0.05, 0.1) is 30.0 Å². The second-order valence-corrected chi connectivity index (χ2v) is 10.3. The minimum Gasteiger partial charge on any atom is -0.455 e. The lowest BCUT2D eigenvalue weighted by Crippen LogP contribution is -2.35. The summed E-state index contributed by atoms with van der Waals surface area (Å²) in [6.07, 6.45) is 6.14. The number of nitrogens with zero attached hydrogens (tertiary/aromatic N) is 5. The highest BCUT2D eigenvalue weighted by Crippen LogP contribution is 2.33. The number of fused-ring (bicyclic) bond motifs is 1. The molecule has 3 aromatic rings. The smallest absolute Gasteiger partial charge is 0.222 e. The summed E-state index contributed by atoms with van der Waals surface area (Å²) >= 11 is 1.43. The fourth-order valence-electron chi connectivity index (χ4n) is 3.74. The van der Waals surface area contributed by atoms with Gasteiger partial charge in [0.2, 0.25) is 22.4 Å². The van der Waals surface area contributed by atoms with E-state index in [1.807, 2.05) is 6.07 Å². The molecular formula is C24H26N7O3S+. The maximum Gasteiger partial charge on any atom is 0.222 e. The summed E-state index contributed by atoms with van der Waals surface area (Å²) in [5.74, 6) is 2.04. The molecule has 0 saturated carbocycles. The van der Waals surface area contributed by atoms with Gasteiger partial charge in [0.25, 0.3) is 0 Å². The Labute approximate surface area is 206 Å². The Morgan fingerprint density at radius 1 is 1.29 bits per heavy atom. The first-order valence-electron chi connectivity index (χ1n) is 11.2. The molecule has 35 heavy (non-hydrogen) atoms. The number of aromatic nitrogens is 3. The fraction of sp³-hybridized carbons (Fsp3) is 0.333. The van der Waals surface area contributed by atoms with Crippen LogP contribution in [0.3, 0.4) is 0 Å². The highest BCUT2D eigenvalue weighted by molar-refractivity contribution is 7.21. The molecule has 1 amide bonds. The summed E-state index contributed by atoms with van der Waals surface area (Å²) in [7, 11) is 0. The molecule has 0 spiro atoms. The van der Waals surface area contributed by atoms with Crippen molar-refractivity contribution >= 4 is 50.1 Å². The van der Waals surface area contributed by atoms with Crippen LogP contribution in [0.15, 0.2) is 47.4 Å². The highest BCUT2D eigenvalue weighted by Gasteiger charge is 2.38. The Morgan fingerprint density at radius 2 is 2.14 bits per heavy atom. The van der Waals surface area contributed by atoms with Crippen molar-refractivity contribution in [3.63, 3.8) is 0 Å². The molecule has 0 aliphatic carbocycles. The summed E-state index contributed by atoms with van der Waals surface area (Å²) in [6, 6.07) is 5.24. The number of anilines is 1. The average Bonchev–Trinajstić information content (AvgIpc) is 3.52. The van der Waals surface area contributed by atoms with E-state index < -0.39 is 0 Å². The van der Waals surface area contributed by atoms with Gasteiger partial charge in [0, 0.05) is 30.7 Å². The lowest BCUT2D eigenvalue weighted by Gasteiger charge is -2.15. The summed E-state index contributed by atoms with van der Waals surface area (Å²) in [4.78, 5) is 29.1. The van der Waals surface area contributed by atoms with Gasteiger partial charge < -0.3 is 14.8 Å². The number of hydrogen-bond donors (Lipinski definition) is 2. The van der Waals surface area contributed by atoms with Gasteiger partial charge in [-0.2, -0.15) is 9.98 Å². The number of hydrazine groups is 1. The van der Waals surface area contributed by atoms with E-state index in [-0.39, 0.29) is 11.3 Å². The van der Waals surface area contributed by atoms with E-state index in [0.717, 1.165) is 29.3 Å². The van der Waals surface area contributed by atoms with Crippen molar-refractivity contribution in [1.29, 1.82) is 0 Å². The first-order chi connectivity index (χ1) is 16.7. The molecule has 2 aliphatic heterocycles. The number of hydrogen-bond acceptors (Lipinski definition) is 8. The molecule has 11 heteroatoms. The van der Waals surface area contributed by atoms with E-state index in [1.54, 1.807) is 24.5 Å². The van der Waals surface area contributed by atoms with Crippen molar-refractivity contribution in [3.8, 4) is 11.5 Å². The number of amidine groups is 1. The topological polar surface area (TPSA) is 114 Å². The summed E-state index contributed by atoms with van der Waals surface area (Å²) in [5.41, 5.74) is 6.28. The van der Waals surface area contributed by atoms with Crippen LogP contribution in [0.4, 0.5) is 10.9 Å². The van der Waals surface area contributed by atoms with E-state index >= 15 is 0 Å². The Morgan fingerprint density at radius 3 is 2.89 bits per heavy atom. The van der Waals surface area contributed by atoms with Gasteiger partial charge in [-0.15, -0.1) is 5.43 Å². The van der Waals surface area contributed by atoms with E-state index in [0.29, 0.717) is 34.7 Å². The average molecular weight is 493 g/mol. The number of ether oxygens (including phenoxy) is 2. The van der Waals surface area contributed by atoms with E-state index in [9.17, 15) is 4.79 Å². The number of aliphatic imine (C=N–C) groups is 1. The predicted octanol–water partition coefficient (Wildman–Crippen LogP) is 4.19. The van der Waals surface area contributed by atoms with Crippen molar-refractivity contribution in [2.75, 3.05) is 18.5 Å². The number of nitrogens with one attached hydrogen (secondary N) is 2. The first kappa shape index (κ1) is 23.1. The van der Waals surface area contributed by atoms with Crippen LogP contribution in [0, 0.1) is 5.41 Å². The van der Waals surface area contributed by atoms with Crippen LogP contribution in [0.5, 0.6) is 11.5 Å². The highest BCUT2D eigenvalue weighted by atomic mass is 32.1. The van der Waals surface area contributed by atoms with Gasteiger partial charge in [0.1, 0.15) is 23.9 Å². The van der Waals surface area contributed by atoms with Gasteiger partial charge in [-0.1, -0.05) is 36.8 Å². The molecule has 0 atom stereocenters. The number of carbonyl (C=O) groups excluding carboxylic acids is 1. The van der Waals surface area contributed by atoms with Crippen LogP contribution in [-0.4, -0.2) is 50.3 Å². The quantitative estimate of drug-likeness (QED) is 0.525. The Kier molecular flexibility index (Phi) is 6.03. The molecule has 5 rings (SSSR count). The lowest BCUT2D eigenvalue weighted by molar-refractivity contribution is -0.528. The number of pyridine rings is 2. The van der Waals surface area contributed by atoms with Crippen molar-refractivity contribution in [2.24, 2.45) is 10.4 Å². The molecule has 0 bridgehead atoms. The van der Waals surface area contributed by atoms with Crippen LogP contribution in [-0.2, 0) is 9.53 Å². The molecule has 0 radical (unpaired) electrons. The van der Waals surface area contributed by atoms with Crippen LogP contribution in [0.25, 0.3) is 10.3 Å². The van der Waals surface area contributed by atoms with Crippen molar-refractivity contribution in [3.05, 3.63) is 42.4 Å². The molecule has 1 fully saturated rings. The molecule has 180 valence electrons. The lowest BCUT2D eigenvalue weighted by atomic mass is 9.92. The number of amides is 1. The number of rotatable bonds is 4. The fourth-order valence-corrected chi connectivity index (χ4v) is 4.58. The zero-order valence-electron chi connectivity index (χ0n) is 20.0. The number of hydrazone groups is 1. The Balaban J connectivity index is 1.39. The SMILES string of the molecule is CC(=O)Nc1cc(Oc2cnc3nc(/N=C4C=C(C(C)(C)C)/[N+](=C5/CCOC5)N\4)sc3c2)ccn1. The minimum atomic E-state index is -0.198. The summed E-state index contributed by atoms with van der Waals surface area (Å²) in [6.45, 7) is 9.32. The molecule has 5 heterocycles. The second kappa shape index (κ2) is 9.16. The van der Waals surface area contributed by atoms with Crippen molar-refractivity contribution in [2.45, 2.75) is 34.1 Å². The van der Waals surface area contributed by atoms with Gasteiger partial charge in [-0.05, 0) is 6.07 Å². The number of thiazole rings is 1. The van der Waals surface area contributed by atoms with Gasteiger partial charge in [0.15, 0.2) is 11.5 Å². The number of allylic oxidation sites excluding steroid dienone is 1. The maximum absolute atomic E-state index is 11.3. The van der Waals surface area contributed by atoms with Crippen LogP contribution in [0.1, 0.15) is 34.1 Å². The molecular weight excluding hydrogens is 466 g/mol. The van der Waals surface area contributed by atoms with Crippen molar-refractivity contribution < 1.29 is 19.0 Å². The number of carbonyl (C=O) groups is 1. The molecule has 0 unspecified atom stereocenters. The predicted molar refractivity (Wildman–Crippen MR) is 135 cm³/mol. The van der Waals surface area contributed by atoms with Gasteiger partial charge in [-0.3, -0.25) is 4.79 Å². The van der Waals surface area contributed by atoms with E-state index in [4.69, 9.17) is 14.5 Å². The normalized spacial score (nSPS) is 19.2. The van der Waals surface area contributed by atoms with E-state index in [2.05, 4.69) is 57.2 Å². The zero-order valence-corrected chi connectivity index (χ0v) is 20.8. The molecule has 0 aromatic carbocycles. The van der Waals surface area contributed by atoms with Crippen LogP contribution < -0.4 is 15.5 Å². The van der Waals surface area contributed by atoms with Crippen LogP contribution in [0.2, 0.25) is 0 Å².